The molecule has 1 fully saturated rings. The molecule has 0 aromatic heterocycles. The van der Waals surface area contributed by atoms with E-state index in [1.807, 2.05) is 0 Å². The summed E-state index contributed by atoms with van der Waals surface area (Å²) in [6.07, 6.45) is 2.83. The standard InChI is InChI=1S/C10H20N2O2/c1-9(2,14)7-12-8(13)10(6-11)4-3-5-10/h14H,3-7,11H2,1-2H3,(H,12,13). The van der Waals surface area contributed by atoms with Crippen LogP contribution in [0, 0.1) is 5.41 Å². The molecule has 1 saturated carbocycles. The molecule has 4 heteroatoms. The number of hydrogen-bond donors (Lipinski definition) is 3. The number of carbonyl (C=O) groups is 1. The van der Waals surface area contributed by atoms with Crippen molar-refractivity contribution in [1.82, 2.24) is 5.32 Å². The van der Waals surface area contributed by atoms with E-state index in [-0.39, 0.29) is 17.9 Å². The molecule has 14 heavy (non-hydrogen) atoms. The van der Waals surface area contributed by atoms with Crippen LogP contribution in [0.15, 0.2) is 0 Å². The fourth-order valence-corrected chi connectivity index (χ4v) is 1.61. The molecule has 0 radical (unpaired) electrons. The minimum absolute atomic E-state index is 0.00613. The summed E-state index contributed by atoms with van der Waals surface area (Å²) in [7, 11) is 0. The molecule has 0 spiro atoms. The first kappa shape index (κ1) is 11.5. The van der Waals surface area contributed by atoms with Gasteiger partial charge in [0.15, 0.2) is 0 Å². The Bertz CT molecular complexity index is 211. The highest BCUT2D eigenvalue weighted by molar-refractivity contribution is 5.83. The maximum Gasteiger partial charge on any atom is 0.227 e. The first-order chi connectivity index (χ1) is 6.40. The van der Waals surface area contributed by atoms with E-state index in [2.05, 4.69) is 5.32 Å². The van der Waals surface area contributed by atoms with E-state index in [4.69, 9.17) is 5.73 Å². The Hall–Kier alpha value is -0.610. The van der Waals surface area contributed by atoms with Crippen molar-refractivity contribution in [3.8, 4) is 0 Å². The van der Waals surface area contributed by atoms with Crippen molar-refractivity contribution in [3.63, 3.8) is 0 Å². The number of amides is 1. The zero-order valence-corrected chi connectivity index (χ0v) is 8.97. The minimum Gasteiger partial charge on any atom is -0.389 e. The van der Waals surface area contributed by atoms with Crippen molar-refractivity contribution in [2.24, 2.45) is 11.1 Å². The monoisotopic (exact) mass is 200 g/mol. The number of nitrogens with two attached hydrogens (primary N) is 1. The summed E-state index contributed by atoms with van der Waals surface area (Å²) in [5, 5.41) is 12.2. The van der Waals surface area contributed by atoms with Crippen LogP contribution in [0.3, 0.4) is 0 Å². The van der Waals surface area contributed by atoms with Gasteiger partial charge in [0.1, 0.15) is 0 Å². The van der Waals surface area contributed by atoms with Gasteiger partial charge in [-0.05, 0) is 26.7 Å². The van der Waals surface area contributed by atoms with Crippen LogP contribution in [0.25, 0.3) is 0 Å². The second kappa shape index (κ2) is 3.87. The van der Waals surface area contributed by atoms with Crippen molar-refractivity contribution in [2.45, 2.75) is 38.7 Å². The van der Waals surface area contributed by atoms with Crippen molar-refractivity contribution >= 4 is 5.91 Å². The number of hydrogen-bond acceptors (Lipinski definition) is 3. The summed E-state index contributed by atoms with van der Waals surface area (Å²) >= 11 is 0. The van der Waals surface area contributed by atoms with Gasteiger partial charge in [-0.3, -0.25) is 4.79 Å². The first-order valence-corrected chi connectivity index (χ1v) is 5.10. The molecular formula is C10H20N2O2. The van der Waals surface area contributed by atoms with Crippen molar-refractivity contribution < 1.29 is 9.90 Å². The van der Waals surface area contributed by atoms with Gasteiger partial charge in [0.25, 0.3) is 0 Å². The lowest BCUT2D eigenvalue weighted by molar-refractivity contribution is -0.136. The molecule has 1 aliphatic carbocycles. The Balaban J connectivity index is 2.42. The quantitative estimate of drug-likeness (QED) is 0.598. The SMILES string of the molecule is CC(C)(O)CNC(=O)C1(CN)CCC1. The molecule has 1 aliphatic rings. The van der Waals surface area contributed by atoms with Gasteiger partial charge in [-0.1, -0.05) is 6.42 Å². The minimum atomic E-state index is -0.852. The summed E-state index contributed by atoms with van der Waals surface area (Å²) in [5.41, 5.74) is 4.39. The van der Waals surface area contributed by atoms with Crippen LogP contribution >= 0.6 is 0 Å². The lowest BCUT2D eigenvalue weighted by Crippen LogP contribution is -2.52. The second-order valence-corrected chi connectivity index (χ2v) is 4.83. The van der Waals surface area contributed by atoms with Gasteiger partial charge in [0, 0.05) is 13.1 Å². The fourth-order valence-electron chi connectivity index (χ4n) is 1.61. The van der Waals surface area contributed by atoms with Gasteiger partial charge in [0.05, 0.1) is 11.0 Å². The van der Waals surface area contributed by atoms with Crippen molar-refractivity contribution in [1.29, 1.82) is 0 Å². The molecule has 1 amide bonds. The fraction of sp³-hybridized carbons (Fsp3) is 0.900. The number of rotatable bonds is 4. The topological polar surface area (TPSA) is 75.3 Å². The summed E-state index contributed by atoms with van der Waals surface area (Å²) in [5.74, 6) is -0.00613. The Kier molecular flexibility index (Phi) is 3.17. The van der Waals surface area contributed by atoms with Crippen LogP contribution in [0.5, 0.6) is 0 Å². The molecule has 4 nitrogen and oxygen atoms in total. The molecule has 0 unspecified atom stereocenters. The molecule has 1 rings (SSSR count). The van der Waals surface area contributed by atoms with E-state index in [0.717, 1.165) is 19.3 Å². The van der Waals surface area contributed by atoms with Crippen molar-refractivity contribution in [3.05, 3.63) is 0 Å². The molecule has 0 aromatic carbocycles. The molecule has 0 aromatic rings. The highest BCUT2D eigenvalue weighted by Gasteiger charge is 2.42. The Morgan fingerprint density at radius 1 is 1.57 bits per heavy atom. The average Bonchev–Trinajstić information content (AvgIpc) is 1.98. The Morgan fingerprint density at radius 2 is 2.14 bits per heavy atom. The van der Waals surface area contributed by atoms with Gasteiger partial charge in [0.2, 0.25) is 5.91 Å². The third-order valence-electron chi connectivity index (χ3n) is 2.86. The molecular weight excluding hydrogens is 180 g/mol. The summed E-state index contributed by atoms with van der Waals surface area (Å²) < 4.78 is 0. The average molecular weight is 200 g/mol. The molecule has 0 atom stereocenters. The van der Waals surface area contributed by atoms with Crippen LogP contribution in [0.4, 0.5) is 0 Å². The third-order valence-corrected chi connectivity index (χ3v) is 2.86. The van der Waals surface area contributed by atoms with E-state index >= 15 is 0 Å². The number of nitrogens with one attached hydrogen (secondary N) is 1. The maximum atomic E-state index is 11.7. The van der Waals surface area contributed by atoms with Gasteiger partial charge >= 0.3 is 0 Å². The highest BCUT2D eigenvalue weighted by atomic mass is 16.3. The zero-order valence-electron chi connectivity index (χ0n) is 8.97. The molecule has 0 saturated heterocycles. The highest BCUT2D eigenvalue weighted by Crippen LogP contribution is 2.39. The number of aliphatic hydroxyl groups is 1. The van der Waals surface area contributed by atoms with Crippen molar-refractivity contribution in [2.75, 3.05) is 13.1 Å². The van der Waals surface area contributed by atoms with Crippen LogP contribution in [0.1, 0.15) is 33.1 Å². The molecule has 0 bridgehead atoms. The Labute approximate surface area is 84.9 Å². The normalized spacial score (nSPS) is 20.0. The van der Waals surface area contributed by atoms with Gasteiger partial charge in [-0.15, -0.1) is 0 Å². The van der Waals surface area contributed by atoms with Crippen LogP contribution in [-0.2, 0) is 4.79 Å². The van der Waals surface area contributed by atoms with Gasteiger partial charge in [-0.2, -0.15) is 0 Å². The van der Waals surface area contributed by atoms with E-state index in [9.17, 15) is 9.90 Å². The van der Waals surface area contributed by atoms with E-state index in [1.165, 1.54) is 0 Å². The zero-order chi connectivity index (χ0) is 10.8. The molecule has 82 valence electrons. The van der Waals surface area contributed by atoms with Gasteiger partial charge < -0.3 is 16.2 Å². The Morgan fingerprint density at radius 3 is 2.43 bits per heavy atom. The predicted octanol–water partition coefficient (Wildman–Crippen LogP) is 0.00250. The smallest absolute Gasteiger partial charge is 0.227 e. The van der Waals surface area contributed by atoms with Gasteiger partial charge in [-0.25, -0.2) is 0 Å². The lowest BCUT2D eigenvalue weighted by Gasteiger charge is -2.39. The maximum absolute atomic E-state index is 11.7. The summed E-state index contributed by atoms with van der Waals surface area (Å²) in [6, 6.07) is 0. The predicted molar refractivity (Wildman–Crippen MR) is 54.6 cm³/mol. The third kappa shape index (κ3) is 2.45. The molecule has 0 aliphatic heterocycles. The summed E-state index contributed by atoms with van der Waals surface area (Å²) in [4.78, 5) is 11.7. The largest absolute Gasteiger partial charge is 0.389 e. The van der Waals surface area contributed by atoms with E-state index in [1.54, 1.807) is 13.8 Å². The van der Waals surface area contributed by atoms with E-state index < -0.39 is 5.60 Å². The second-order valence-electron chi connectivity index (χ2n) is 4.83. The van der Waals surface area contributed by atoms with Crippen LogP contribution < -0.4 is 11.1 Å². The van der Waals surface area contributed by atoms with Crippen LogP contribution in [-0.4, -0.2) is 29.7 Å². The van der Waals surface area contributed by atoms with Crippen LogP contribution in [0.2, 0.25) is 0 Å². The molecule has 0 heterocycles. The summed E-state index contributed by atoms with van der Waals surface area (Å²) in [6.45, 7) is 4.03. The first-order valence-electron chi connectivity index (χ1n) is 5.10. The molecule has 4 N–H and O–H groups in total. The number of carbonyl (C=O) groups excluding carboxylic acids is 1. The van der Waals surface area contributed by atoms with E-state index in [0.29, 0.717) is 6.54 Å². The lowest BCUT2D eigenvalue weighted by atomic mass is 9.68.